The Morgan fingerprint density at radius 2 is 2.11 bits per heavy atom. The van der Waals surface area contributed by atoms with Gasteiger partial charge in [-0.1, -0.05) is 12.8 Å². The molecule has 0 radical (unpaired) electrons. The molecule has 1 aliphatic rings. The second-order valence-corrected chi connectivity index (χ2v) is 5.67. The van der Waals surface area contributed by atoms with Crippen molar-refractivity contribution in [2.75, 3.05) is 13.2 Å². The van der Waals surface area contributed by atoms with Gasteiger partial charge in [0.25, 0.3) is 0 Å². The molecule has 3 nitrogen and oxygen atoms in total. The van der Waals surface area contributed by atoms with E-state index in [2.05, 4.69) is 11.8 Å². The first-order valence-corrected chi connectivity index (χ1v) is 6.61. The van der Waals surface area contributed by atoms with Crippen LogP contribution in [0.1, 0.15) is 47.5 Å². The molecule has 1 fully saturated rings. The lowest BCUT2D eigenvalue weighted by atomic mass is 9.86. The fourth-order valence-electron chi connectivity index (χ4n) is 1.90. The van der Waals surface area contributed by atoms with Crippen LogP contribution < -0.4 is 0 Å². The molecule has 1 aliphatic heterocycles. The predicted octanol–water partition coefficient (Wildman–Crippen LogP) is 2.78. The molecule has 2 atom stereocenters. The van der Waals surface area contributed by atoms with E-state index in [1.165, 1.54) is 0 Å². The SMILES string of the molecule is CC#CC(C)(OC(=O)C(C)(C)CC)C1CCOC1. The topological polar surface area (TPSA) is 35.5 Å². The van der Waals surface area contributed by atoms with E-state index in [4.69, 9.17) is 9.47 Å². The van der Waals surface area contributed by atoms with Gasteiger partial charge in [0.2, 0.25) is 0 Å². The molecule has 3 heteroatoms. The average Bonchev–Trinajstić information content (AvgIpc) is 2.83. The fraction of sp³-hybridized carbons (Fsp3) is 0.800. The fourth-order valence-corrected chi connectivity index (χ4v) is 1.90. The highest BCUT2D eigenvalue weighted by Gasteiger charge is 2.41. The van der Waals surface area contributed by atoms with Crippen LogP contribution in [0.5, 0.6) is 0 Å². The van der Waals surface area contributed by atoms with Crippen molar-refractivity contribution < 1.29 is 14.3 Å². The van der Waals surface area contributed by atoms with Gasteiger partial charge in [-0.2, -0.15) is 0 Å². The molecule has 1 heterocycles. The summed E-state index contributed by atoms with van der Waals surface area (Å²) in [7, 11) is 0. The van der Waals surface area contributed by atoms with Crippen molar-refractivity contribution in [3.8, 4) is 11.8 Å². The molecule has 0 aromatic heterocycles. The zero-order valence-electron chi connectivity index (χ0n) is 12.1. The van der Waals surface area contributed by atoms with Gasteiger partial charge in [-0.05, 0) is 40.5 Å². The summed E-state index contributed by atoms with van der Waals surface area (Å²) in [4.78, 5) is 12.2. The Morgan fingerprint density at radius 3 is 2.56 bits per heavy atom. The molecule has 102 valence electrons. The first-order chi connectivity index (χ1) is 8.35. The molecule has 0 aromatic rings. The normalized spacial score (nSPS) is 22.8. The number of carbonyl (C=O) groups excluding carboxylic acids is 1. The minimum Gasteiger partial charge on any atom is -0.445 e. The summed E-state index contributed by atoms with van der Waals surface area (Å²) in [5.41, 5.74) is -1.19. The van der Waals surface area contributed by atoms with Crippen molar-refractivity contribution in [3.05, 3.63) is 0 Å². The van der Waals surface area contributed by atoms with Crippen LogP contribution >= 0.6 is 0 Å². The number of carbonyl (C=O) groups is 1. The molecule has 1 saturated heterocycles. The van der Waals surface area contributed by atoms with Crippen molar-refractivity contribution in [2.45, 2.75) is 53.1 Å². The van der Waals surface area contributed by atoms with Gasteiger partial charge in [0.05, 0.1) is 12.0 Å². The van der Waals surface area contributed by atoms with Crippen molar-refractivity contribution in [3.63, 3.8) is 0 Å². The number of hydrogen-bond acceptors (Lipinski definition) is 3. The van der Waals surface area contributed by atoms with E-state index >= 15 is 0 Å². The first-order valence-electron chi connectivity index (χ1n) is 6.61. The Hall–Kier alpha value is -1.01. The van der Waals surface area contributed by atoms with Gasteiger partial charge in [0.15, 0.2) is 5.60 Å². The van der Waals surface area contributed by atoms with Gasteiger partial charge in [0, 0.05) is 12.5 Å². The Morgan fingerprint density at radius 1 is 1.44 bits per heavy atom. The van der Waals surface area contributed by atoms with E-state index in [0.29, 0.717) is 6.61 Å². The maximum absolute atomic E-state index is 12.2. The van der Waals surface area contributed by atoms with Crippen LogP contribution in [-0.4, -0.2) is 24.8 Å². The molecule has 0 spiro atoms. The molecule has 0 bridgehead atoms. The Bertz CT molecular complexity index is 356. The summed E-state index contributed by atoms with van der Waals surface area (Å²) in [5, 5.41) is 0. The highest BCUT2D eigenvalue weighted by atomic mass is 16.6. The largest absolute Gasteiger partial charge is 0.445 e. The van der Waals surface area contributed by atoms with Crippen LogP contribution in [0.3, 0.4) is 0 Å². The summed E-state index contributed by atoms with van der Waals surface area (Å²) in [5.74, 6) is 5.92. The second kappa shape index (κ2) is 5.75. The zero-order chi connectivity index (χ0) is 13.8. The minimum atomic E-state index is -0.727. The minimum absolute atomic E-state index is 0.168. The number of ether oxygens (including phenoxy) is 2. The molecular weight excluding hydrogens is 228 g/mol. The lowest BCUT2D eigenvalue weighted by Gasteiger charge is -2.33. The Balaban J connectivity index is 2.85. The first kappa shape index (κ1) is 15.0. The standard InChI is InChI=1S/C15H24O3/c1-6-9-15(5,12-8-10-17-11-12)18-13(16)14(3,4)7-2/h12H,7-8,10-11H2,1-5H3. The smallest absolute Gasteiger partial charge is 0.313 e. The lowest BCUT2D eigenvalue weighted by Crippen LogP contribution is -2.42. The molecule has 0 N–H and O–H groups in total. The van der Waals surface area contributed by atoms with Gasteiger partial charge in [-0.25, -0.2) is 0 Å². The Labute approximate surface area is 110 Å². The van der Waals surface area contributed by atoms with Gasteiger partial charge < -0.3 is 9.47 Å². The zero-order valence-corrected chi connectivity index (χ0v) is 12.1. The molecule has 0 saturated carbocycles. The van der Waals surface area contributed by atoms with Gasteiger partial charge in [-0.3, -0.25) is 4.79 Å². The monoisotopic (exact) mass is 252 g/mol. The maximum Gasteiger partial charge on any atom is 0.313 e. The van der Waals surface area contributed by atoms with Gasteiger partial charge in [0.1, 0.15) is 0 Å². The average molecular weight is 252 g/mol. The molecule has 1 rings (SSSR count). The van der Waals surface area contributed by atoms with Crippen LogP contribution in [0.15, 0.2) is 0 Å². The third-order valence-electron chi connectivity index (χ3n) is 3.82. The maximum atomic E-state index is 12.2. The summed E-state index contributed by atoms with van der Waals surface area (Å²) >= 11 is 0. The third-order valence-corrected chi connectivity index (χ3v) is 3.82. The highest BCUT2D eigenvalue weighted by Crippen LogP contribution is 2.32. The van der Waals surface area contributed by atoms with Crippen molar-refractivity contribution in [1.29, 1.82) is 0 Å². The van der Waals surface area contributed by atoms with Gasteiger partial charge in [-0.15, -0.1) is 5.92 Å². The van der Waals surface area contributed by atoms with Crippen molar-refractivity contribution in [1.82, 2.24) is 0 Å². The molecule has 0 aromatic carbocycles. The quantitative estimate of drug-likeness (QED) is 0.570. The summed E-state index contributed by atoms with van der Waals surface area (Å²) in [6.45, 7) is 10.8. The third kappa shape index (κ3) is 3.26. The van der Waals surface area contributed by atoms with Crippen LogP contribution in [0.4, 0.5) is 0 Å². The highest BCUT2D eigenvalue weighted by molar-refractivity contribution is 5.76. The van der Waals surface area contributed by atoms with Crippen molar-refractivity contribution in [2.24, 2.45) is 11.3 Å². The Kier molecular flexibility index (Phi) is 4.81. The van der Waals surface area contributed by atoms with Crippen LogP contribution in [0.2, 0.25) is 0 Å². The number of esters is 1. The van der Waals surface area contributed by atoms with E-state index in [9.17, 15) is 4.79 Å². The molecule has 0 amide bonds. The van der Waals surface area contributed by atoms with Crippen molar-refractivity contribution >= 4 is 5.97 Å². The summed E-state index contributed by atoms with van der Waals surface area (Å²) < 4.78 is 11.1. The van der Waals surface area contributed by atoms with Crippen LogP contribution in [-0.2, 0) is 14.3 Å². The lowest BCUT2D eigenvalue weighted by molar-refractivity contribution is -0.168. The van der Waals surface area contributed by atoms with Gasteiger partial charge >= 0.3 is 5.97 Å². The summed E-state index contributed by atoms with van der Waals surface area (Å²) in [6, 6.07) is 0. The molecule has 0 aliphatic carbocycles. The summed E-state index contributed by atoms with van der Waals surface area (Å²) in [6.07, 6.45) is 1.65. The molecule has 18 heavy (non-hydrogen) atoms. The van der Waals surface area contributed by atoms with Crippen LogP contribution in [0.25, 0.3) is 0 Å². The van der Waals surface area contributed by atoms with E-state index < -0.39 is 11.0 Å². The molecule has 2 unspecified atom stereocenters. The predicted molar refractivity (Wildman–Crippen MR) is 70.9 cm³/mol. The second-order valence-electron chi connectivity index (χ2n) is 5.67. The number of hydrogen-bond donors (Lipinski definition) is 0. The van der Waals surface area contributed by atoms with E-state index in [1.54, 1.807) is 6.92 Å². The molecular formula is C15H24O3. The van der Waals surface area contributed by atoms with Crippen LogP contribution in [0, 0.1) is 23.2 Å². The van der Waals surface area contributed by atoms with E-state index in [-0.39, 0.29) is 11.9 Å². The van der Waals surface area contributed by atoms with E-state index in [1.807, 2.05) is 27.7 Å². The van der Waals surface area contributed by atoms with E-state index in [0.717, 1.165) is 19.4 Å². The number of rotatable bonds is 4.